The highest BCUT2D eigenvalue weighted by molar-refractivity contribution is 9.10. The fourth-order valence-electron chi connectivity index (χ4n) is 1.72. The number of benzene rings is 2. The van der Waals surface area contributed by atoms with Gasteiger partial charge in [-0.3, -0.25) is 0 Å². The summed E-state index contributed by atoms with van der Waals surface area (Å²) < 4.78 is 12.1. The molecule has 0 fully saturated rings. The van der Waals surface area contributed by atoms with Gasteiger partial charge in [-0.05, 0) is 24.3 Å². The van der Waals surface area contributed by atoms with Crippen LogP contribution >= 0.6 is 15.9 Å². The highest BCUT2D eigenvalue weighted by Crippen LogP contribution is 2.25. The molecule has 2 aromatic rings. The maximum absolute atomic E-state index is 5.84. The molecule has 0 aliphatic heterocycles. The van der Waals surface area contributed by atoms with Crippen LogP contribution < -0.4 is 9.47 Å². The first-order chi connectivity index (χ1) is 9.24. The quantitative estimate of drug-likeness (QED) is 0.797. The number of para-hydroxylation sites is 1. The van der Waals surface area contributed by atoms with Gasteiger partial charge >= 0.3 is 0 Å². The maximum Gasteiger partial charge on any atom is 0.127 e. The zero-order chi connectivity index (χ0) is 13.7. The number of halogens is 1. The highest BCUT2D eigenvalue weighted by Gasteiger charge is 2.05. The minimum Gasteiger partial charge on any atom is -0.497 e. The second kappa shape index (κ2) is 6.43. The van der Waals surface area contributed by atoms with E-state index in [0.717, 1.165) is 27.1 Å². The van der Waals surface area contributed by atoms with E-state index in [9.17, 15) is 0 Å². The summed E-state index contributed by atoms with van der Waals surface area (Å²) in [6, 6.07) is 13.6. The van der Waals surface area contributed by atoms with Crippen LogP contribution in [0.15, 0.2) is 53.5 Å². The third kappa shape index (κ3) is 3.38. The average Bonchev–Trinajstić information content (AvgIpc) is 2.46. The molecule has 0 aromatic heterocycles. The minimum absolute atomic E-state index is 0.475. The van der Waals surface area contributed by atoms with Crippen molar-refractivity contribution in [2.45, 2.75) is 6.61 Å². The third-order valence-corrected chi connectivity index (χ3v) is 3.55. The van der Waals surface area contributed by atoms with Crippen molar-refractivity contribution < 1.29 is 9.47 Å². The van der Waals surface area contributed by atoms with Crippen molar-refractivity contribution in [1.29, 1.82) is 0 Å². The topological polar surface area (TPSA) is 18.5 Å². The molecule has 2 rings (SSSR count). The molecule has 0 N–H and O–H groups in total. The molecular formula is C16H15BrO2. The fraction of sp³-hybridized carbons (Fsp3) is 0.125. The summed E-state index contributed by atoms with van der Waals surface area (Å²) in [5.74, 6) is 1.64. The van der Waals surface area contributed by atoms with Gasteiger partial charge in [0.2, 0.25) is 0 Å². The Bertz CT molecular complexity index is 579. The lowest BCUT2D eigenvalue weighted by atomic mass is 10.2. The van der Waals surface area contributed by atoms with Crippen LogP contribution in [0.4, 0.5) is 0 Å². The number of rotatable bonds is 5. The van der Waals surface area contributed by atoms with Gasteiger partial charge in [0.25, 0.3) is 0 Å². The lowest BCUT2D eigenvalue weighted by molar-refractivity contribution is 0.304. The summed E-state index contributed by atoms with van der Waals surface area (Å²) in [5, 5.41) is 0. The molecule has 19 heavy (non-hydrogen) atoms. The van der Waals surface area contributed by atoms with Gasteiger partial charge in [0.1, 0.15) is 18.1 Å². The smallest absolute Gasteiger partial charge is 0.127 e. The first-order valence-corrected chi connectivity index (χ1v) is 6.70. The summed E-state index contributed by atoms with van der Waals surface area (Å²) >= 11 is 3.51. The van der Waals surface area contributed by atoms with E-state index >= 15 is 0 Å². The second-order valence-electron chi connectivity index (χ2n) is 3.99. The van der Waals surface area contributed by atoms with E-state index in [4.69, 9.17) is 9.47 Å². The molecule has 2 aromatic carbocycles. The van der Waals surface area contributed by atoms with Crippen molar-refractivity contribution in [2.24, 2.45) is 0 Å². The normalized spacial score (nSPS) is 10.0. The molecule has 0 spiro atoms. The molecule has 0 bridgehead atoms. The van der Waals surface area contributed by atoms with E-state index in [0.29, 0.717) is 6.61 Å². The van der Waals surface area contributed by atoms with Crippen molar-refractivity contribution in [2.75, 3.05) is 7.11 Å². The van der Waals surface area contributed by atoms with Crippen LogP contribution in [0.3, 0.4) is 0 Å². The molecule has 0 saturated carbocycles. The Hall–Kier alpha value is -1.74. The lowest BCUT2D eigenvalue weighted by Crippen LogP contribution is -1.98. The van der Waals surface area contributed by atoms with Gasteiger partial charge in [0, 0.05) is 15.6 Å². The number of methoxy groups -OCH3 is 1. The van der Waals surface area contributed by atoms with Crippen LogP contribution in [0.5, 0.6) is 11.5 Å². The van der Waals surface area contributed by atoms with Crippen molar-refractivity contribution in [1.82, 2.24) is 0 Å². The zero-order valence-electron chi connectivity index (χ0n) is 10.7. The summed E-state index contributed by atoms with van der Waals surface area (Å²) in [6.45, 7) is 4.26. The predicted molar refractivity (Wildman–Crippen MR) is 81.6 cm³/mol. The highest BCUT2D eigenvalue weighted by atomic mass is 79.9. The van der Waals surface area contributed by atoms with Crippen LogP contribution in [-0.4, -0.2) is 7.11 Å². The predicted octanol–water partition coefficient (Wildman–Crippen LogP) is 4.68. The largest absolute Gasteiger partial charge is 0.497 e. The van der Waals surface area contributed by atoms with Gasteiger partial charge in [-0.25, -0.2) is 0 Å². The first kappa shape index (κ1) is 13.7. The van der Waals surface area contributed by atoms with E-state index in [1.807, 2.05) is 42.5 Å². The van der Waals surface area contributed by atoms with E-state index in [2.05, 4.69) is 22.5 Å². The van der Waals surface area contributed by atoms with Gasteiger partial charge in [0.05, 0.1) is 7.11 Å². The van der Waals surface area contributed by atoms with Crippen molar-refractivity contribution in [3.05, 3.63) is 64.6 Å². The molecule has 0 saturated heterocycles. The van der Waals surface area contributed by atoms with Gasteiger partial charge in [-0.15, -0.1) is 0 Å². The Labute approximate surface area is 121 Å². The first-order valence-electron chi connectivity index (χ1n) is 5.91. The Balaban J connectivity index is 2.16. The monoisotopic (exact) mass is 318 g/mol. The van der Waals surface area contributed by atoms with Gasteiger partial charge in [-0.2, -0.15) is 0 Å². The number of hydrogen-bond donors (Lipinski definition) is 0. The minimum atomic E-state index is 0.475. The summed E-state index contributed by atoms with van der Waals surface area (Å²) in [5.41, 5.74) is 2.03. The van der Waals surface area contributed by atoms with E-state index in [1.54, 1.807) is 13.2 Å². The van der Waals surface area contributed by atoms with Crippen LogP contribution in [0.25, 0.3) is 6.08 Å². The van der Waals surface area contributed by atoms with Gasteiger partial charge in [-0.1, -0.05) is 46.8 Å². The molecule has 0 heterocycles. The Kier molecular flexibility index (Phi) is 4.63. The molecular weight excluding hydrogens is 304 g/mol. The van der Waals surface area contributed by atoms with E-state index < -0.39 is 0 Å². The summed E-state index contributed by atoms with van der Waals surface area (Å²) in [4.78, 5) is 0. The van der Waals surface area contributed by atoms with E-state index in [-0.39, 0.29) is 0 Å². The van der Waals surface area contributed by atoms with Crippen LogP contribution in [0.1, 0.15) is 11.1 Å². The lowest BCUT2D eigenvalue weighted by Gasteiger charge is -2.11. The number of hydrogen-bond acceptors (Lipinski definition) is 2. The van der Waals surface area contributed by atoms with Crippen LogP contribution in [0, 0.1) is 0 Å². The van der Waals surface area contributed by atoms with Crippen molar-refractivity contribution in [3.8, 4) is 11.5 Å². The maximum atomic E-state index is 5.84. The standard InChI is InChI=1S/C16H15BrO2/c1-3-12-6-4-5-7-16(12)19-11-13-10-14(18-2)8-9-15(13)17/h3-10H,1,11H2,2H3. The zero-order valence-corrected chi connectivity index (χ0v) is 12.3. The molecule has 2 nitrogen and oxygen atoms in total. The molecule has 0 amide bonds. The Morgan fingerprint density at radius 1 is 1.21 bits per heavy atom. The molecule has 98 valence electrons. The average molecular weight is 319 g/mol. The molecule has 0 aliphatic carbocycles. The molecule has 0 unspecified atom stereocenters. The Morgan fingerprint density at radius 2 is 2.00 bits per heavy atom. The van der Waals surface area contributed by atoms with Gasteiger partial charge in [0.15, 0.2) is 0 Å². The summed E-state index contributed by atoms with van der Waals surface area (Å²) in [7, 11) is 1.65. The number of ether oxygens (including phenoxy) is 2. The van der Waals surface area contributed by atoms with Gasteiger partial charge < -0.3 is 9.47 Å². The SMILES string of the molecule is C=Cc1ccccc1OCc1cc(OC)ccc1Br. The van der Waals surface area contributed by atoms with Crippen LogP contribution in [0.2, 0.25) is 0 Å². The molecule has 3 heteroatoms. The van der Waals surface area contributed by atoms with E-state index in [1.165, 1.54) is 0 Å². The Morgan fingerprint density at radius 3 is 2.74 bits per heavy atom. The van der Waals surface area contributed by atoms with Crippen LogP contribution in [-0.2, 0) is 6.61 Å². The molecule has 0 aliphatic rings. The third-order valence-electron chi connectivity index (χ3n) is 2.77. The summed E-state index contributed by atoms with van der Waals surface area (Å²) in [6.07, 6.45) is 1.79. The fourth-order valence-corrected chi connectivity index (χ4v) is 2.09. The van der Waals surface area contributed by atoms with Crippen molar-refractivity contribution in [3.63, 3.8) is 0 Å². The molecule has 0 radical (unpaired) electrons. The second-order valence-corrected chi connectivity index (χ2v) is 4.84. The van der Waals surface area contributed by atoms with Crippen molar-refractivity contribution >= 4 is 22.0 Å². The molecule has 0 atom stereocenters.